The SMILES string of the molecule is CC1CCC(N(C)C(=O)Cn2nc(C3CC3)cc(C(F)(F)F)c2=O)CC1. The lowest BCUT2D eigenvalue weighted by atomic mass is 9.87. The average Bonchev–Trinajstić information content (AvgIpc) is 3.40. The van der Waals surface area contributed by atoms with E-state index in [0.717, 1.165) is 44.6 Å². The predicted molar refractivity (Wildman–Crippen MR) is 89.7 cm³/mol. The van der Waals surface area contributed by atoms with Crippen LogP contribution in [-0.2, 0) is 17.5 Å². The van der Waals surface area contributed by atoms with E-state index in [0.29, 0.717) is 10.6 Å². The molecule has 0 spiro atoms. The van der Waals surface area contributed by atoms with Crippen molar-refractivity contribution in [3.8, 4) is 0 Å². The Morgan fingerprint density at radius 3 is 2.38 bits per heavy atom. The highest BCUT2D eigenvalue weighted by Gasteiger charge is 2.38. The van der Waals surface area contributed by atoms with Crippen LogP contribution in [0.4, 0.5) is 13.2 Å². The molecule has 1 aromatic rings. The minimum absolute atomic E-state index is 0.0457. The topological polar surface area (TPSA) is 55.2 Å². The zero-order valence-corrected chi connectivity index (χ0v) is 15.1. The number of rotatable bonds is 4. The first-order valence-corrected chi connectivity index (χ1v) is 9.11. The normalized spacial score (nSPS) is 23.7. The van der Waals surface area contributed by atoms with Gasteiger partial charge in [0.2, 0.25) is 5.91 Å². The lowest BCUT2D eigenvalue weighted by Crippen LogP contribution is -2.43. The highest BCUT2D eigenvalue weighted by Crippen LogP contribution is 2.40. The Bertz CT molecular complexity index is 732. The van der Waals surface area contributed by atoms with Gasteiger partial charge in [0.15, 0.2) is 0 Å². The summed E-state index contributed by atoms with van der Waals surface area (Å²) in [6.07, 6.45) is 0.572. The zero-order chi connectivity index (χ0) is 19.1. The summed E-state index contributed by atoms with van der Waals surface area (Å²) in [6, 6.07) is 0.913. The first kappa shape index (κ1) is 18.9. The van der Waals surface area contributed by atoms with Crippen molar-refractivity contribution in [1.82, 2.24) is 14.7 Å². The molecule has 0 bridgehead atoms. The number of carbonyl (C=O) groups excluding carboxylic acids is 1. The zero-order valence-electron chi connectivity index (χ0n) is 15.1. The molecule has 0 saturated heterocycles. The van der Waals surface area contributed by atoms with Crippen molar-refractivity contribution in [3.63, 3.8) is 0 Å². The fourth-order valence-electron chi connectivity index (χ4n) is 3.52. The van der Waals surface area contributed by atoms with Crippen LogP contribution in [0, 0.1) is 5.92 Å². The number of hydrogen-bond acceptors (Lipinski definition) is 3. The van der Waals surface area contributed by atoms with E-state index in [4.69, 9.17) is 0 Å². The van der Waals surface area contributed by atoms with Gasteiger partial charge < -0.3 is 4.90 Å². The maximum Gasteiger partial charge on any atom is 0.421 e. The molecule has 3 rings (SSSR count). The quantitative estimate of drug-likeness (QED) is 0.817. The Morgan fingerprint density at radius 1 is 1.23 bits per heavy atom. The van der Waals surface area contributed by atoms with E-state index in [2.05, 4.69) is 12.0 Å². The molecule has 0 N–H and O–H groups in total. The van der Waals surface area contributed by atoms with Crippen LogP contribution in [0.15, 0.2) is 10.9 Å². The van der Waals surface area contributed by atoms with Gasteiger partial charge in [-0.05, 0) is 50.5 Å². The third-order valence-electron chi connectivity index (χ3n) is 5.51. The Morgan fingerprint density at radius 2 is 1.85 bits per heavy atom. The fraction of sp³-hybridized carbons (Fsp3) is 0.722. The van der Waals surface area contributed by atoms with Gasteiger partial charge in [0.05, 0.1) is 5.69 Å². The van der Waals surface area contributed by atoms with Crippen LogP contribution in [0.5, 0.6) is 0 Å². The van der Waals surface area contributed by atoms with Crippen LogP contribution in [0.25, 0.3) is 0 Å². The maximum atomic E-state index is 13.2. The number of nitrogens with zero attached hydrogens (tertiary/aromatic N) is 3. The van der Waals surface area contributed by atoms with Gasteiger partial charge in [-0.3, -0.25) is 9.59 Å². The van der Waals surface area contributed by atoms with E-state index in [-0.39, 0.29) is 23.6 Å². The number of aromatic nitrogens is 2. The molecular weight excluding hydrogens is 347 g/mol. The van der Waals surface area contributed by atoms with Gasteiger partial charge >= 0.3 is 6.18 Å². The molecule has 1 amide bonds. The second-order valence-electron chi connectivity index (χ2n) is 7.64. The summed E-state index contributed by atoms with van der Waals surface area (Å²) in [5.74, 6) is 0.208. The number of amides is 1. The first-order valence-electron chi connectivity index (χ1n) is 9.11. The third-order valence-corrected chi connectivity index (χ3v) is 5.51. The second kappa shape index (κ2) is 7.04. The van der Waals surface area contributed by atoms with Crippen LogP contribution < -0.4 is 5.56 Å². The van der Waals surface area contributed by atoms with Crippen LogP contribution in [0.2, 0.25) is 0 Å². The smallest absolute Gasteiger partial charge is 0.341 e. The number of likely N-dealkylation sites (N-methyl/N-ethyl adjacent to an activating group) is 1. The van der Waals surface area contributed by atoms with E-state index in [1.165, 1.54) is 0 Å². The van der Waals surface area contributed by atoms with Crippen molar-refractivity contribution in [3.05, 3.63) is 27.7 Å². The van der Waals surface area contributed by atoms with Crippen molar-refractivity contribution in [2.75, 3.05) is 7.05 Å². The Balaban J connectivity index is 1.81. The van der Waals surface area contributed by atoms with E-state index in [9.17, 15) is 22.8 Å². The van der Waals surface area contributed by atoms with Gasteiger partial charge in [-0.15, -0.1) is 0 Å². The molecule has 8 heteroatoms. The molecular formula is C18H24F3N3O2. The number of carbonyl (C=O) groups is 1. The maximum absolute atomic E-state index is 13.2. The van der Waals surface area contributed by atoms with Gasteiger partial charge in [-0.25, -0.2) is 4.68 Å². The molecule has 26 heavy (non-hydrogen) atoms. The van der Waals surface area contributed by atoms with Gasteiger partial charge in [0.25, 0.3) is 5.56 Å². The molecule has 0 atom stereocenters. The van der Waals surface area contributed by atoms with E-state index in [1.54, 1.807) is 11.9 Å². The van der Waals surface area contributed by atoms with Crippen molar-refractivity contribution < 1.29 is 18.0 Å². The van der Waals surface area contributed by atoms with Gasteiger partial charge in [-0.1, -0.05) is 6.92 Å². The summed E-state index contributed by atoms with van der Waals surface area (Å²) in [6.45, 7) is 1.72. The number of alkyl halides is 3. The Kier molecular flexibility index (Phi) is 5.12. The van der Waals surface area contributed by atoms with Gasteiger partial charge in [0, 0.05) is 19.0 Å². The predicted octanol–water partition coefficient (Wildman–Crippen LogP) is 3.18. The molecule has 0 unspecified atom stereocenters. The summed E-state index contributed by atoms with van der Waals surface area (Å²) in [5.41, 5.74) is -2.24. The Labute approximate surface area is 150 Å². The monoisotopic (exact) mass is 371 g/mol. The summed E-state index contributed by atoms with van der Waals surface area (Å²) >= 11 is 0. The summed E-state index contributed by atoms with van der Waals surface area (Å²) in [5, 5.41) is 4.04. The van der Waals surface area contributed by atoms with Crippen LogP contribution in [0.3, 0.4) is 0 Å². The van der Waals surface area contributed by atoms with Crippen LogP contribution in [0.1, 0.15) is 62.6 Å². The van der Waals surface area contributed by atoms with Crippen molar-refractivity contribution in [2.45, 2.75) is 70.1 Å². The van der Waals surface area contributed by atoms with E-state index in [1.807, 2.05) is 0 Å². The third kappa shape index (κ3) is 4.10. The van der Waals surface area contributed by atoms with Crippen LogP contribution in [-0.4, -0.2) is 33.7 Å². The summed E-state index contributed by atoms with van der Waals surface area (Å²) in [7, 11) is 1.66. The summed E-state index contributed by atoms with van der Waals surface area (Å²) < 4.78 is 40.2. The van der Waals surface area contributed by atoms with Crippen molar-refractivity contribution >= 4 is 5.91 Å². The molecule has 2 aliphatic rings. The molecule has 1 heterocycles. The Hall–Kier alpha value is -1.86. The highest BCUT2D eigenvalue weighted by atomic mass is 19.4. The minimum Gasteiger partial charge on any atom is -0.341 e. The lowest BCUT2D eigenvalue weighted by Gasteiger charge is -2.33. The first-order chi connectivity index (χ1) is 12.2. The van der Waals surface area contributed by atoms with Crippen LogP contribution >= 0.6 is 0 Å². The van der Waals surface area contributed by atoms with E-state index >= 15 is 0 Å². The molecule has 2 aliphatic carbocycles. The van der Waals surface area contributed by atoms with Crippen molar-refractivity contribution in [1.29, 1.82) is 0 Å². The number of halogens is 3. The molecule has 1 aromatic heterocycles. The summed E-state index contributed by atoms with van der Waals surface area (Å²) in [4.78, 5) is 26.3. The second-order valence-corrected chi connectivity index (χ2v) is 7.64. The van der Waals surface area contributed by atoms with Crippen molar-refractivity contribution in [2.24, 2.45) is 5.92 Å². The molecule has 0 aliphatic heterocycles. The van der Waals surface area contributed by atoms with Gasteiger partial charge in [-0.2, -0.15) is 18.3 Å². The highest BCUT2D eigenvalue weighted by molar-refractivity contribution is 5.76. The fourth-order valence-corrected chi connectivity index (χ4v) is 3.52. The minimum atomic E-state index is -4.75. The molecule has 2 saturated carbocycles. The standard InChI is InChI=1S/C18H24F3N3O2/c1-11-3-7-13(8-4-11)23(2)16(25)10-24-17(26)14(18(19,20)21)9-15(22-24)12-5-6-12/h9,11-13H,3-8,10H2,1-2H3. The molecule has 0 radical (unpaired) electrons. The molecule has 144 valence electrons. The molecule has 2 fully saturated rings. The molecule has 0 aromatic carbocycles. The molecule has 5 nitrogen and oxygen atoms in total. The average molecular weight is 371 g/mol. The lowest BCUT2D eigenvalue weighted by molar-refractivity contribution is -0.140. The van der Waals surface area contributed by atoms with Gasteiger partial charge in [0.1, 0.15) is 12.1 Å². The number of hydrogen-bond donors (Lipinski definition) is 0. The van der Waals surface area contributed by atoms with E-state index < -0.39 is 23.8 Å². The largest absolute Gasteiger partial charge is 0.421 e.